The first-order valence-electron chi connectivity index (χ1n) is 4.09. The molecular weight excluding hydrogens is 144 g/mol. The van der Waals surface area contributed by atoms with Crippen LogP contribution in [0, 0.1) is 17.8 Å². The standard InChI is InChI=1S/C8H12O3/c9-7-3-4-1-5(7)6(2-4)8(10)11/h4-7,9H,1-3H2,(H,10,11)/t4-,5+,6-,7+/m0/s1. The fourth-order valence-electron chi connectivity index (χ4n) is 2.60. The molecule has 11 heavy (non-hydrogen) atoms. The third-order valence-corrected chi connectivity index (χ3v) is 3.10. The zero-order valence-corrected chi connectivity index (χ0v) is 6.23. The number of aliphatic hydroxyl groups excluding tert-OH is 1. The Morgan fingerprint density at radius 1 is 1.27 bits per heavy atom. The molecule has 0 amide bonds. The van der Waals surface area contributed by atoms with Crippen LogP contribution in [0.1, 0.15) is 19.3 Å². The third kappa shape index (κ3) is 0.948. The predicted octanol–water partition coefficient (Wildman–Crippen LogP) is 0.478. The van der Waals surface area contributed by atoms with Gasteiger partial charge in [-0.15, -0.1) is 0 Å². The Morgan fingerprint density at radius 2 is 2.00 bits per heavy atom. The van der Waals surface area contributed by atoms with Gasteiger partial charge in [-0.05, 0) is 31.1 Å². The molecule has 3 heteroatoms. The molecule has 0 aromatic carbocycles. The summed E-state index contributed by atoms with van der Waals surface area (Å²) in [7, 11) is 0. The molecule has 2 bridgehead atoms. The van der Waals surface area contributed by atoms with Crippen LogP contribution in [0.25, 0.3) is 0 Å². The van der Waals surface area contributed by atoms with E-state index in [1.54, 1.807) is 0 Å². The van der Waals surface area contributed by atoms with Crippen molar-refractivity contribution in [1.29, 1.82) is 0 Å². The summed E-state index contributed by atoms with van der Waals surface area (Å²) in [6.07, 6.45) is 2.21. The number of carboxylic acid groups (broad SMARTS) is 1. The maximum Gasteiger partial charge on any atom is 0.306 e. The van der Waals surface area contributed by atoms with Crippen LogP contribution in [0.2, 0.25) is 0 Å². The van der Waals surface area contributed by atoms with E-state index in [0.29, 0.717) is 5.92 Å². The number of fused-ring (bicyclic) bond motifs is 2. The molecular formula is C8H12O3. The van der Waals surface area contributed by atoms with Crippen molar-refractivity contribution in [3.8, 4) is 0 Å². The number of carboxylic acids is 1. The monoisotopic (exact) mass is 156 g/mol. The Morgan fingerprint density at radius 3 is 2.36 bits per heavy atom. The number of rotatable bonds is 1. The molecule has 4 atom stereocenters. The largest absolute Gasteiger partial charge is 0.481 e. The minimum atomic E-state index is -0.726. The second kappa shape index (κ2) is 2.21. The highest BCUT2D eigenvalue weighted by Crippen LogP contribution is 2.48. The molecule has 0 saturated heterocycles. The van der Waals surface area contributed by atoms with Gasteiger partial charge in [-0.1, -0.05) is 0 Å². The summed E-state index contributed by atoms with van der Waals surface area (Å²) in [5, 5.41) is 18.1. The van der Waals surface area contributed by atoms with Crippen molar-refractivity contribution < 1.29 is 15.0 Å². The highest BCUT2D eigenvalue weighted by atomic mass is 16.4. The highest BCUT2D eigenvalue weighted by molar-refractivity contribution is 5.71. The van der Waals surface area contributed by atoms with Crippen molar-refractivity contribution in [2.24, 2.45) is 17.8 Å². The van der Waals surface area contributed by atoms with Gasteiger partial charge in [-0.25, -0.2) is 0 Å². The molecule has 2 N–H and O–H groups in total. The van der Waals surface area contributed by atoms with E-state index in [-0.39, 0.29) is 17.9 Å². The van der Waals surface area contributed by atoms with E-state index >= 15 is 0 Å². The summed E-state index contributed by atoms with van der Waals surface area (Å²) in [5.74, 6) is -0.450. The van der Waals surface area contributed by atoms with Crippen LogP contribution in [0.15, 0.2) is 0 Å². The van der Waals surface area contributed by atoms with Gasteiger partial charge in [0.1, 0.15) is 0 Å². The van der Waals surface area contributed by atoms with Crippen molar-refractivity contribution in [2.45, 2.75) is 25.4 Å². The summed E-state index contributed by atoms with van der Waals surface area (Å²) in [5.41, 5.74) is 0. The van der Waals surface area contributed by atoms with Crippen LogP contribution in [0.4, 0.5) is 0 Å². The van der Waals surface area contributed by atoms with Crippen molar-refractivity contribution in [3.05, 3.63) is 0 Å². The highest BCUT2D eigenvalue weighted by Gasteiger charge is 2.48. The Kier molecular flexibility index (Phi) is 1.42. The van der Waals surface area contributed by atoms with E-state index in [1.165, 1.54) is 0 Å². The third-order valence-electron chi connectivity index (χ3n) is 3.10. The van der Waals surface area contributed by atoms with Crippen LogP contribution < -0.4 is 0 Å². The molecule has 3 nitrogen and oxygen atoms in total. The first-order valence-corrected chi connectivity index (χ1v) is 4.09. The Balaban J connectivity index is 2.12. The number of hydrogen-bond acceptors (Lipinski definition) is 2. The minimum Gasteiger partial charge on any atom is -0.481 e. The number of hydrogen-bond donors (Lipinski definition) is 2. The number of aliphatic carboxylic acids is 1. The fourth-order valence-corrected chi connectivity index (χ4v) is 2.60. The van der Waals surface area contributed by atoms with Gasteiger partial charge in [0.2, 0.25) is 0 Å². The predicted molar refractivity (Wildman–Crippen MR) is 38.0 cm³/mol. The first-order chi connectivity index (χ1) is 5.18. The molecule has 0 unspecified atom stereocenters. The normalized spacial score (nSPS) is 48.1. The topological polar surface area (TPSA) is 57.5 Å². The quantitative estimate of drug-likeness (QED) is 0.580. The molecule has 2 rings (SSSR count). The van der Waals surface area contributed by atoms with Crippen LogP contribution in [0.5, 0.6) is 0 Å². The minimum absolute atomic E-state index is 0.0532. The van der Waals surface area contributed by atoms with Crippen molar-refractivity contribution in [2.75, 3.05) is 0 Å². The second-order valence-electron chi connectivity index (χ2n) is 3.75. The van der Waals surface area contributed by atoms with Gasteiger partial charge in [-0.3, -0.25) is 4.79 Å². The van der Waals surface area contributed by atoms with Gasteiger partial charge < -0.3 is 10.2 Å². The molecule has 0 heterocycles. The molecule has 2 fully saturated rings. The second-order valence-corrected chi connectivity index (χ2v) is 3.75. The fraction of sp³-hybridized carbons (Fsp3) is 0.875. The van der Waals surface area contributed by atoms with Crippen LogP contribution in [-0.4, -0.2) is 22.3 Å². The van der Waals surface area contributed by atoms with Gasteiger partial charge >= 0.3 is 5.97 Å². The zero-order valence-electron chi connectivity index (χ0n) is 6.23. The average Bonchev–Trinajstić information content (AvgIpc) is 2.43. The van der Waals surface area contributed by atoms with E-state index in [1.807, 2.05) is 0 Å². The summed E-state index contributed by atoms with van der Waals surface area (Å²) >= 11 is 0. The number of carbonyl (C=O) groups is 1. The van der Waals surface area contributed by atoms with Crippen molar-refractivity contribution >= 4 is 5.97 Å². The van der Waals surface area contributed by atoms with E-state index in [9.17, 15) is 9.90 Å². The lowest BCUT2D eigenvalue weighted by Gasteiger charge is -2.22. The maximum atomic E-state index is 10.6. The molecule has 0 aliphatic heterocycles. The van der Waals surface area contributed by atoms with Gasteiger partial charge in [0.15, 0.2) is 0 Å². The Hall–Kier alpha value is -0.570. The molecule has 2 aliphatic carbocycles. The van der Waals surface area contributed by atoms with E-state index < -0.39 is 5.97 Å². The smallest absolute Gasteiger partial charge is 0.306 e. The van der Waals surface area contributed by atoms with Crippen molar-refractivity contribution in [1.82, 2.24) is 0 Å². The van der Waals surface area contributed by atoms with Gasteiger partial charge in [0.25, 0.3) is 0 Å². The van der Waals surface area contributed by atoms with Gasteiger partial charge in [0, 0.05) is 0 Å². The van der Waals surface area contributed by atoms with Crippen LogP contribution in [0.3, 0.4) is 0 Å². The molecule has 0 aromatic heterocycles. The lowest BCUT2D eigenvalue weighted by molar-refractivity contribution is -0.145. The summed E-state index contributed by atoms with van der Waals surface area (Å²) in [4.78, 5) is 10.6. The molecule has 0 aromatic rings. The Labute approximate surface area is 65.0 Å². The summed E-state index contributed by atoms with van der Waals surface area (Å²) < 4.78 is 0. The zero-order chi connectivity index (χ0) is 8.01. The maximum absolute atomic E-state index is 10.6. The molecule has 2 aliphatic rings. The molecule has 2 saturated carbocycles. The van der Waals surface area contributed by atoms with Crippen LogP contribution in [-0.2, 0) is 4.79 Å². The first kappa shape index (κ1) is 7.10. The average molecular weight is 156 g/mol. The summed E-state index contributed by atoms with van der Waals surface area (Å²) in [6, 6.07) is 0. The SMILES string of the molecule is O=C(O)[C@H]1C[C@@H]2C[C@H]1[C@H](O)C2. The van der Waals surface area contributed by atoms with E-state index in [4.69, 9.17) is 5.11 Å². The van der Waals surface area contributed by atoms with Gasteiger partial charge in [0.05, 0.1) is 12.0 Å². The van der Waals surface area contributed by atoms with E-state index in [0.717, 1.165) is 19.3 Å². The van der Waals surface area contributed by atoms with Crippen molar-refractivity contribution in [3.63, 3.8) is 0 Å². The molecule has 0 spiro atoms. The Bertz CT molecular complexity index is 190. The molecule has 62 valence electrons. The van der Waals surface area contributed by atoms with Gasteiger partial charge in [-0.2, -0.15) is 0 Å². The lowest BCUT2D eigenvalue weighted by Crippen LogP contribution is -2.29. The molecule has 0 radical (unpaired) electrons. The van der Waals surface area contributed by atoms with E-state index in [2.05, 4.69) is 0 Å². The van der Waals surface area contributed by atoms with Crippen LogP contribution >= 0.6 is 0 Å². The number of aliphatic hydroxyl groups is 1. The lowest BCUT2D eigenvalue weighted by atomic mass is 9.87. The summed E-state index contributed by atoms with van der Waals surface area (Å²) in [6.45, 7) is 0.